The van der Waals surface area contributed by atoms with Gasteiger partial charge < -0.3 is 19.2 Å². The Morgan fingerprint density at radius 2 is 1.03 bits per heavy atom. The third-order valence-electron chi connectivity index (χ3n) is 17.7. The van der Waals surface area contributed by atoms with Crippen LogP contribution in [0, 0.1) is 31.8 Å². The number of nitrogens with zero attached hydrogens (tertiary/aromatic N) is 5. The minimum absolute atomic E-state index is 0. The first-order chi connectivity index (χ1) is 40.4. The molecule has 8 heteroatoms. The van der Waals surface area contributed by atoms with Crippen molar-refractivity contribution in [2.24, 2.45) is 0 Å². The molecule has 0 N–H and O–H groups in total. The van der Waals surface area contributed by atoms with Gasteiger partial charge in [0.15, 0.2) is 0 Å². The zero-order valence-corrected chi connectivity index (χ0v) is 54.3. The second kappa shape index (κ2) is 21.4. The number of pyridine rings is 2. The summed E-state index contributed by atoms with van der Waals surface area (Å²) in [5.41, 5.74) is 26.8. The molecule has 14 rings (SSSR count). The van der Waals surface area contributed by atoms with E-state index in [1.807, 2.05) is 32.2 Å². The van der Waals surface area contributed by atoms with Crippen molar-refractivity contribution in [3.8, 4) is 22.4 Å². The molecule has 0 unspecified atom stereocenters. The van der Waals surface area contributed by atoms with Crippen molar-refractivity contribution in [2.75, 3.05) is 9.80 Å². The van der Waals surface area contributed by atoms with Crippen LogP contribution in [0.4, 0.5) is 38.5 Å². The fourth-order valence-electron chi connectivity index (χ4n) is 12.6. The van der Waals surface area contributed by atoms with Crippen molar-refractivity contribution in [3.63, 3.8) is 0 Å². The van der Waals surface area contributed by atoms with Crippen LogP contribution >= 0.6 is 0 Å². The summed E-state index contributed by atoms with van der Waals surface area (Å²) in [4.78, 5) is 14.7. The van der Waals surface area contributed by atoms with Crippen LogP contribution in [0.3, 0.4) is 0 Å². The normalized spacial score (nSPS) is 13.1. The molecule has 0 amide bonds. The van der Waals surface area contributed by atoms with E-state index in [2.05, 4.69) is 266 Å². The summed E-state index contributed by atoms with van der Waals surface area (Å²) < 4.78 is 15.0. The summed E-state index contributed by atoms with van der Waals surface area (Å²) in [5.74, 6) is -0.275. The Morgan fingerprint density at radius 1 is 0.477 bits per heavy atom. The maximum atomic E-state index is 12.7. The van der Waals surface area contributed by atoms with Gasteiger partial charge in [0.2, 0.25) is 0 Å². The molecule has 2 aliphatic rings. The SMILES string of the molecule is CC(C)(C)c1ccc(N2c3ccc(C(C)(C)C)cc3B3c4cc(C(C)(C)C)ccc4N(c4ccc(C(C)(C)C)cc4)c4cc(-c5ccc6c7ccc[c-]c7c7nc8ccccc8n7c6c5)cc2c43)cc1.Cc1cnc(-c2[c-]cc(F)cc2)cc1C.[Ir]. The average Bonchev–Trinajstić information content (AvgIpc) is 0.743. The van der Waals surface area contributed by atoms with Crippen molar-refractivity contribution < 1.29 is 24.5 Å². The van der Waals surface area contributed by atoms with Crippen LogP contribution in [0.5, 0.6) is 0 Å². The largest absolute Gasteiger partial charge is 0.333 e. The van der Waals surface area contributed by atoms with E-state index in [-0.39, 0.29) is 54.3 Å². The molecule has 0 fully saturated rings. The summed E-state index contributed by atoms with van der Waals surface area (Å²) in [5, 5.41) is 3.37. The van der Waals surface area contributed by atoms with E-state index < -0.39 is 0 Å². The number of imidazole rings is 1. The maximum absolute atomic E-state index is 12.7. The van der Waals surface area contributed by atoms with Crippen molar-refractivity contribution in [3.05, 3.63) is 240 Å². The number of aryl methyl sites for hydroxylation is 2. The number of para-hydroxylation sites is 2. The van der Waals surface area contributed by atoms with Gasteiger partial charge in [0.25, 0.3) is 6.71 Å². The first-order valence-corrected chi connectivity index (χ1v) is 29.9. The summed E-state index contributed by atoms with van der Waals surface area (Å²) in [7, 11) is 0. The van der Waals surface area contributed by atoms with Crippen LogP contribution in [-0.4, -0.2) is 21.1 Å². The maximum Gasteiger partial charge on any atom is 0.252 e. The van der Waals surface area contributed by atoms with Gasteiger partial charge >= 0.3 is 0 Å². The standard InChI is InChI=1S/C65H62BN4.C13H11FN.Ir/c1-62(2,3)42-22-28-46(29-23-42)68-54-33-26-44(64(7,8)9)38-51(54)66-52-39-45(65(10,11)12)27-34-55(52)69(47-30-24-43(25-31-47)63(4,5)6)59-37-41(36-58(68)60(59)66)40-21-32-49-48-17-13-14-18-50(48)61-67-53-19-15-16-20-56(53)70(61)57(49)35-40;1-9-7-13(15-8-10(9)2)11-3-5-12(14)6-4-11;/h13-17,19-39H,1-12H3;3,5-8H,1-2H3;/q2*-1;. The van der Waals surface area contributed by atoms with Crippen molar-refractivity contribution in [1.82, 2.24) is 14.4 Å². The third-order valence-corrected chi connectivity index (χ3v) is 17.7. The first-order valence-electron chi connectivity index (χ1n) is 29.9. The van der Waals surface area contributed by atoms with Gasteiger partial charge in [-0.25, -0.2) is 0 Å². The minimum atomic E-state index is -0.275. The van der Waals surface area contributed by atoms with Crippen LogP contribution in [0.1, 0.15) is 116 Å². The topological polar surface area (TPSA) is 36.7 Å². The van der Waals surface area contributed by atoms with E-state index in [1.165, 1.54) is 84.5 Å². The molecule has 2 aliphatic heterocycles. The molecule has 3 aromatic heterocycles. The Bertz CT molecular complexity index is 4460. The number of fused-ring (bicyclic) bond motifs is 12. The molecular formula is C78H73BFIrN5-2. The fourth-order valence-corrected chi connectivity index (χ4v) is 12.6. The van der Waals surface area contributed by atoms with Gasteiger partial charge in [0.05, 0.1) is 16.7 Å². The van der Waals surface area contributed by atoms with Crippen LogP contribution in [0.15, 0.2) is 188 Å². The predicted octanol–water partition coefficient (Wildman–Crippen LogP) is 18.8. The molecule has 431 valence electrons. The van der Waals surface area contributed by atoms with Gasteiger partial charge in [-0.1, -0.05) is 173 Å². The van der Waals surface area contributed by atoms with E-state index in [0.717, 1.165) is 72.3 Å². The smallest absolute Gasteiger partial charge is 0.252 e. The van der Waals surface area contributed by atoms with Crippen molar-refractivity contribution in [2.45, 2.75) is 119 Å². The number of rotatable bonds is 4. The Labute approximate surface area is 521 Å². The summed E-state index contributed by atoms with van der Waals surface area (Å²) in [6, 6.07) is 73.0. The summed E-state index contributed by atoms with van der Waals surface area (Å²) in [6.45, 7) is 31.9. The van der Waals surface area contributed by atoms with E-state index in [4.69, 9.17) is 4.98 Å². The van der Waals surface area contributed by atoms with Crippen LogP contribution in [0.25, 0.3) is 60.7 Å². The second-order valence-electron chi connectivity index (χ2n) is 27.7. The molecule has 0 saturated heterocycles. The van der Waals surface area contributed by atoms with Gasteiger partial charge in [-0.15, -0.1) is 59.5 Å². The van der Waals surface area contributed by atoms with Gasteiger partial charge in [0, 0.05) is 71.8 Å². The second-order valence-corrected chi connectivity index (χ2v) is 27.7. The molecule has 9 aromatic carbocycles. The monoisotopic (exact) mass is 1300 g/mol. The number of anilines is 6. The zero-order chi connectivity index (χ0) is 59.6. The average molecular weight is 1300 g/mol. The quantitative estimate of drug-likeness (QED) is 0.1000. The van der Waals surface area contributed by atoms with Crippen molar-refractivity contribution in [1.29, 1.82) is 0 Å². The van der Waals surface area contributed by atoms with Crippen LogP contribution in [-0.2, 0) is 41.8 Å². The Morgan fingerprint density at radius 3 is 1.57 bits per heavy atom. The summed E-state index contributed by atoms with van der Waals surface area (Å²) >= 11 is 0. The summed E-state index contributed by atoms with van der Waals surface area (Å²) in [6.07, 6.45) is 1.82. The van der Waals surface area contributed by atoms with Gasteiger partial charge in [-0.05, 0) is 169 Å². The molecule has 12 aromatic rings. The molecule has 0 aliphatic carbocycles. The zero-order valence-electron chi connectivity index (χ0n) is 51.9. The van der Waals surface area contributed by atoms with Gasteiger partial charge in [-0.2, -0.15) is 0 Å². The Balaban J connectivity index is 0.000000395. The minimum Gasteiger partial charge on any atom is -0.333 e. The number of aromatic nitrogens is 3. The van der Waals surface area contributed by atoms with Crippen LogP contribution < -0.4 is 26.2 Å². The van der Waals surface area contributed by atoms with Gasteiger partial charge in [0.1, 0.15) is 0 Å². The molecule has 0 bridgehead atoms. The van der Waals surface area contributed by atoms with E-state index in [1.54, 1.807) is 6.07 Å². The van der Waals surface area contributed by atoms with Crippen molar-refractivity contribution >= 4 is 95.6 Å². The first kappa shape index (κ1) is 58.2. The van der Waals surface area contributed by atoms with Crippen LogP contribution in [0.2, 0.25) is 0 Å². The number of hydrogen-bond donors (Lipinski definition) is 0. The molecule has 5 heterocycles. The number of halogens is 1. The predicted molar refractivity (Wildman–Crippen MR) is 359 cm³/mol. The number of hydrogen-bond acceptors (Lipinski definition) is 4. The van der Waals surface area contributed by atoms with E-state index in [9.17, 15) is 4.39 Å². The molecule has 1 radical (unpaired) electrons. The van der Waals surface area contributed by atoms with Gasteiger partial charge in [-0.3, -0.25) is 9.37 Å². The van der Waals surface area contributed by atoms with E-state index in [0.29, 0.717) is 0 Å². The fraction of sp³-hybridized carbons (Fsp3) is 0.231. The molecule has 0 atom stereocenters. The molecule has 86 heavy (non-hydrogen) atoms. The molecular weight excluding hydrogens is 1230 g/mol. The molecule has 0 spiro atoms. The molecule has 0 saturated carbocycles. The van der Waals surface area contributed by atoms with E-state index >= 15 is 0 Å². The Kier molecular flexibility index (Phi) is 14.5. The molecule has 5 nitrogen and oxygen atoms in total. The third kappa shape index (κ3) is 10.2. The Hall–Kier alpha value is -8.16. The number of benzene rings is 9.